The van der Waals surface area contributed by atoms with E-state index in [-0.39, 0.29) is 53.5 Å². The number of ether oxygens (including phenoxy) is 2. The van der Waals surface area contributed by atoms with Crippen molar-refractivity contribution in [1.82, 2.24) is 19.8 Å². The minimum atomic E-state index is -0.918. The van der Waals surface area contributed by atoms with Crippen molar-refractivity contribution in [1.29, 1.82) is 0 Å². The SMILES string of the molecule is CC(C)(C)OC(=O)N1[C@@H]2CC[C@H]1CN(c1nc(OC[C@@]34CCCN3C[C@H](F)C4)nc3c(F)c(-c4cc(N)cc(F)c4C4CC4)ccc13)C2. The van der Waals surface area contributed by atoms with E-state index >= 15 is 8.78 Å². The Morgan fingerprint density at radius 3 is 2.50 bits per heavy atom. The number of fused-ring (bicyclic) bond motifs is 4. The van der Waals surface area contributed by atoms with Crippen LogP contribution in [0.15, 0.2) is 24.3 Å². The minimum Gasteiger partial charge on any atom is -0.461 e. The number of anilines is 2. The molecule has 256 valence electrons. The molecule has 1 amide bonds. The summed E-state index contributed by atoms with van der Waals surface area (Å²) >= 11 is 0. The molecule has 5 fully saturated rings. The Morgan fingerprint density at radius 2 is 1.79 bits per heavy atom. The summed E-state index contributed by atoms with van der Waals surface area (Å²) in [7, 11) is 0. The number of nitrogens with two attached hydrogens (primary N) is 1. The van der Waals surface area contributed by atoms with Crippen molar-refractivity contribution in [2.75, 3.05) is 43.4 Å². The van der Waals surface area contributed by atoms with Gasteiger partial charge in [-0.3, -0.25) is 9.80 Å². The number of nitrogen functional groups attached to an aromatic ring is 1. The number of hydrogen-bond donors (Lipinski definition) is 1. The van der Waals surface area contributed by atoms with Gasteiger partial charge in [-0.2, -0.15) is 9.97 Å². The Bertz CT molecular complexity index is 1770. The third kappa shape index (κ3) is 5.49. The first-order valence-corrected chi connectivity index (χ1v) is 17.3. The summed E-state index contributed by atoms with van der Waals surface area (Å²) in [6.45, 7) is 7.94. The number of piperazine rings is 1. The lowest BCUT2D eigenvalue weighted by Crippen LogP contribution is -2.57. The molecule has 5 heterocycles. The fourth-order valence-corrected chi connectivity index (χ4v) is 8.62. The fraction of sp³-hybridized carbons (Fsp3) is 0.583. The van der Waals surface area contributed by atoms with Crippen molar-refractivity contribution < 1.29 is 27.4 Å². The first-order chi connectivity index (χ1) is 22.9. The molecule has 4 aliphatic heterocycles. The quantitative estimate of drug-likeness (QED) is 0.296. The Labute approximate surface area is 278 Å². The van der Waals surface area contributed by atoms with Crippen molar-refractivity contribution in [3.63, 3.8) is 0 Å². The molecule has 4 atom stereocenters. The van der Waals surface area contributed by atoms with Crippen LogP contribution in [-0.4, -0.2) is 88.0 Å². The maximum Gasteiger partial charge on any atom is 0.410 e. The van der Waals surface area contributed by atoms with Crippen LogP contribution in [0.4, 0.5) is 29.5 Å². The van der Waals surface area contributed by atoms with Crippen LogP contribution in [0.3, 0.4) is 0 Å². The van der Waals surface area contributed by atoms with E-state index in [1.165, 1.54) is 6.07 Å². The van der Waals surface area contributed by atoms with E-state index in [0.717, 1.165) is 45.1 Å². The third-order valence-corrected chi connectivity index (χ3v) is 10.8. The van der Waals surface area contributed by atoms with Crippen LogP contribution in [0.1, 0.15) is 77.2 Å². The van der Waals surface area contributed by atoms with Gasteiger partial charge in [0.25, 0.3) is 0 Å². The predicted octanol–water partition coefficient (Wildman–Crippen LogP) is 6.58. The normalized spacial score (nSPS) is 27.2. The Balaban J connectivity index is 1.19. The number of rotatable bonds is 6. The molecule has 2 bridgehead atoms. The van der Waals surface area contributed by atoms with E-state index in [2.05, 4.69) is 14.8 Å². The molecule has 8 rings (SSSR count). The Hall–Kier alpha value is -3.80. The summed E-state index contributed by atoms with van der Waals surface area (Å²) in [4.78, 5) is 28.7. The van der Waals surface area contributed by atoms with E-state index in [1.54, 1.807) is 18.2 Å². The highest BCUT2D eigenvalue weighted by atomic mass is 19.1. The van der Waals surface area contributed by atoms with Crippen molar-refractivity contribution in [3.8, 4) is 17.1 Å². The smallest absolute Gasteiger partial charge is 0.410 e. The number of hydrogen-bond acceptors (Lipinski definition) is 8. The summed E-state index contributed by atoms with van der Waals surface area (Å²) in [6, 6.07) is 6.19. The minimum absolute atomic E-state index is 0.0141. The van der Waals surface area contributed by atoms with Crippen LogP contribution in [0.2, 0.25) is 0 Å². The highest BCUT2D eigenvalue weighted by Gasteiger charge is 2.50. The van der Waals surface area contributed by atoms with Crippen molar-refractivity contribution >= 4 is 28.5 Å². The maximum absolute atomic E-state index is 16.9. The van der Waals surface area contributed by atoms with Crippen molar-refractivity contribution in [3.05, 3.63) is 41.5 Å². The molecule has 12 heteroatoms. The average molecular weight is 665 g/mol. The highest BCUT2D eigenvalue weighted by Crippen LogP contribution is 2.48. The van der Waals surface area contributed by atoms with Crippen LogP contribution < -0.4 is 15.4 Å². The first-order valence-electron chi connectivity index (χ1n) is 17.3. The molecule has 3 aromatic rings. The Morgan fingerprint density at radius 1 is 1.04 bits per heavy atom. The molecule has 1 aliphatic carbocycles. The van der Waals surface area contributed by atoms with Crippen LogP contribution in [0, 0.1) is 11.6 Å². The lowest BCUT2D eigenvalue weighted by atomic mass is 9.94. The van der Waals surface area contributed by atoms with Crippen molar-refractivity contribution in [2.24, 2.45) is 0 Å². The van der Waals surface area contributed by atoms with Crippen LogP contribution in [-0.2, 0) is 4.74 Å². The molecule has 9 nitrogen and oxygen atoms in total. The summed E-state index contributed by atoms with van der Waals surface area (Å²) in [5.41, 5.74) is 6.43. The van der Waals surface area contributed by atoms with Gasteiger partial charge in [-0.05, 0) is 101 Å². The largest absolute Gasteiger partial charge is 0.461 e. The van der Waals surface area contributed by atoms with E-state index in [1.807, 2.05) is 25.7 Å². The zero-order chi connectivity index (χ0) is 33.5. The van der Waals surface area contributed by atoms with E-state index < -0.39 is 28.9 Å². The zero-order valence-corrected chi connectivity index (χ0v) is 27.8. The third-order valence-electron chi connectivity index (χ3n) is 10.8. The second kappa shape index (κ2) is 11.4. The average Bonchev–Trinajstić information content (AvgIpc) is 3.62. The number of alkyl halides is 1. The molecule has 2 N–H and O–H groups in total. The lowest BCUT2D eigenvalue weighted by molar-refractivity contribution is 0.0122. The molecular formula is C36H43F3N6O3. The summed E-state index contributed by atoms with van der Waals surface area (Å²) in [5, 5.41) is 0.497. The first kappa shape index (κ1) is 31.5. The number of carbonyl (C=O) groups excluding carboxylic acids is 1. The molecule has 0 radical (unpaired) electrons. The number of benzene rings is 2. The number of amides is 1. The topological polar surface area (TPSA) is 97.0 Å². The second-order valence-electron chi connectivity index (χ2n) is 15.4. The number of aromatic nitrogens is 2. The van der Waals surface area contributed by atoms with Gasteiger partial charge < -0.3 is 20.1 Å². The molecule has 1 aromatic heterocycles. The highest BCUT2D eigenvalue weighted by molar-refractivity contribution is 5.94. The van der Waals surface area contributed by atoms with Gasteiger partial charge in [0.15, 0.2) is 5.82 Å². The van der Waals surface area contributed by atoms with Gasteiger partial charge in [-0.15, -0.1) is 0 Å². The van der Waals surface area contributed by atoms with Gasteiger partial charge in [0.05, 0.1) is 17.6 Å². The number of carbonyl (C=O) groups is 1. The van der Waals surface area contributed by atoms with E-state index in [0.29, 0.717) is 48.4 Å². The molecular weight excluding hydrogens is 621 g/mol. The van der Waals surface area contributed by atoms with Gasteiger partial charge >= 0.3 is 12.1 Å². The van der Waals surface area contributed by atoms with Gasteiger partial charge in [0, 0.05) is 42.7 Å². The predicted molar refractivity (Wildman–Crippen MR) is 177 cm³/mol. The second-order valence-corrected chi connectivity index (χ2v) is 15.4. The number of nitrogens with zero attached hydrogens (tertiary/aromatic N) is 5. The van der Waals surface area contributed by atoms with Gasteiger partial charge in [-0.1, -0.05) is 6.07 Å². The fourth-order valence-electron chi connectivity index (χ4n) is 8.62. The number of halogens is 3. The molecule has 1 saturated carbocycles. The van der Waals surface area contributed by atoms with Crippen LogP contribution >= 0.6 is 0 Å². The molecule has 2 aromatic carbocycles. The van der Waals surface area contributed by atoms with Crippen LogP contribution in [0.5, 0.6) is 6.01 Å². The Kier molecular flexibility index (Phi) is 7.46. The maximum atomic E-state index is 16.9. The van der Waals surface area contributed by atoms with Gasteiger partial charge in [-0.25, -0.2) is 18.0 Å². The standard InChI is InChI=1S/C36H43F3N6O3/c1-35(2,3)48-34(46)45-23-7-8-24(45)18-43(17-23)32-26-10-9-25(27-13-22(40)14-28(38)29(27)20-5-6-20)30(39)31(26)41-33(42-32)47-19-36-11-4-12-44(36)16-21(37)15-36/h9-10,13-14,20-21,23-24H,4-8,11-12,15-19,40H2,1-3H3/t21-,23-,24+,36+/m1/s1. The zero-order valence-electron chi connectivity index (χ0n) is 27.8. The van der Waals surface area contributed by atoms with Gasteiger partial charge in [0.1, 0.15) is 35.5 Å². The monoisotopic (exact) mass is 664 g/mol. The molecule has 48 heavy (non-hydrogen) atoms. The van der Waals surface area contributed by atoms with E-state index in [9.17, 15) is 9.18 Å². The van der Waals surface area contributed by atoms with Gasteiger partial charge in [0.2, 0.25) is 0 Å². The molecule has 4 saturated heterocycles. The van der Waals surface area contributed by atoms with E-state index in [4.69, 9.17) is 20.2 Å². The lowest BCUT2D eigenvalue weighted by Gasteiger charge is -2.42. The van der Waals surface area contributed by atoms with Crippen molar-refractivity contribution in [2.45, 2.75) is 101 Å². The summed E-state index contributed by atoms with van der Waals surface area (Å²) < 4.78 is 58.6. The summed E-state index contributed by atoms with van der Waals surface area (Å²) in [5.74, 6) is -0.501. The molecule has 0 spiro atoms. The van der Waals surface area contributed by atoms with Crippen LogP contribution in [0.25, 0.3) is 22.0 Å². The molecule has 0 unspecified atom stereocenters. The molecule has 5 aliphatic rings. The summed E-state index contributed by atoms with van der Waals surface area (Å²) in [6.07, 6.45) is 4.22.